The van der Waals surface area contributed by atoms with Crippen LogP contribution < -0.4 is 15.5 Å². The lowest BCUT2D eigenvalue weighted by atomic mass is 9.90. The van der Waals surface area contributed by atoms with Crippen molar-refractivity contribution in [2.45, 2.75) is 6.42 Å². The number of fused-ring (bicyclic) bond motifs is 2. The number of benzene rings is 4. The summed E-state index contributed by atoms with van der Waals surface area (Å²) >= 11 is 0. The van der Waals surface area contributed by atoms with E-state index in [1.54, 1.807) is 12.4 Å². The number of aromatic nitrogens is 3. The molecule has 6 aromatic rings. The average molecular weight is 475 g/mol. The third kappa shape index (κ3) is 3.02. The Kier molecular flexibility index (Phi) is 4.25. The van der Waals surface area contributed by atoms with Crippen molar-refractivity contribution in [3.63, 3.8) is 0 Å². The maximum absolute atomic E-state index is 4.43. The fraction of sp³-hybridized carbons (Fsp3) is 0.0303. The highest BCUT2D eigenvalue weighted by Gasteiger charge is 2.28. The van der Waals surface area contributed by atoms with Gasteiger partial charge in [0.2, 0.25) is 0 Å². The molecule has 0 atom stereocenters. The summed E-state index contributed by atoms with van der Waals surface area (Å²) < 4.78 is 2.30. The lowest BCUT2D eigenvalue weighted by molar-refractivity contribution is 1.03. The van der Waals surface area contributed by atoms with E-state index < -0.39 is 0 Å². The Morgan fingerprint density at radius 1 is 0.676 bits per heavy atom. The largest absolute Gasteiger partial charge is 0.316 e. The molecule has 3 heterocycles. The second-order valence-electron chi connectivity index (χ2n) is 9.55. The fourth-order valence-electron chi connectivity index (χ4n) is 5.87. The van der Waals surface area contributed by atoms with Gasteiger partial charge in [-0.2, -0.15) is 0 Å². The minimum Gasteiger partial charge on any atom is -0.316 e. The van der Waals surface area contributed by atoms with Crippen molar-refractivity contribution in [1.29, 1.82) is 0 Å². The van der Waals surface area contributed by atoms with Crippen LogP contribution in [0.15, 0.2) is 116 Å². The summed E-state index contributed by atoms with van der Waals surface area (Å²) in [6.45, 7) is 0. The molecule has 0 amide bonds. The predicted octanol–water partition coefficient (Wildman–Crippen LogP) is 5.73. The Labute approximate surface area is 214 Å². The molecular weight excluding hydrogens is 452 g/mol. The van der Waals surface area contributed by atoms with Crippen molar-refractivity contribution in [3.05, 3.63) is 137 Å². The molecule has 1 aliphatic carbocycles. The number of hydrogen-bond donors (Lipinski definition) is 0. The Morgan fingerprint density at radius 2 is 1.51 bits per heavy atom. The van der Waals surface area contributed by atoms with Crippen molar-refractivity contribution >= 4 is 33.9 Å². The predicted molar refractivity (Wildman–Crippen MR) is 149 cm³/mol. The maximum Gasteiger partial charge on any atom is 0.159 e. The first-order valence-corrected chi connectivity index (χ1v) is 12.5. The summed E-state index contributed by atoms with van der Waals surface area (Å²) in [5.41, 5.74) is 8.55. The summed E-state index contributed by atoms with van der Waals surface area (Å²) in [4.78, 5) is 11.3. The van der Waals surface area contributed by atoms with Gasteiger partial charge >= 0.3 is 0 Å². The van der Waals surface area contributed by atoms with Gasteiger partial charge in [0.05, 0.1) is 11.0 Å². The first-order valence-electron chi connectivity index (χ1n) is 12.5. The third-order valence-electron chi connectivity index (χ3n) is 7.54. The van der Waals surface area contributed by atoms with Gasteiger partial charge < -0.3 is 9.47 Å². The smallest absolute Gasteiger partial charge is 0.159 e. The van der Waals surface area contributed by atoms with Gasteiger partial charge in [-0.25, -0.2) is 9.97 Å². The second kappa shape index (κ2) is 7.77. The average Bonchev–Trinajstić information content (AvgIpc) is 3.32. The van der Waals surface area contributed by atoms with E-state index in [-0.39, 0.29) is 0 Å². The number of hydrogen-bond acceptors (Lipinski definition) is 3. The normalized spacial score (nSPS) is 13.4. The molecule has 0 N–H and O–H groups in total. The van der Waals surface area contributed by atoms with E-state index in [9.17, 15) is 0 Å². The third-order valence-corrected chi connectivity index (χ3v) is 7.54. The van der Waals surface area contributed by atoms with Gasteiger partial charge in [0.25, 0.3) is 0 Å². The quantitative estimate of drug-likeness (QED) is 0.328. The topological polar surface area (TPSA) is 34.0 Å². The van der Waals surface area contributed by atoms with Gasteiger partial charge in [-0.05, 0) is 77.2 Å². The van der Waals surface area contributed by atoms with E-state index in [0.717, 1.165) is 23.5 Å². The van der Waals surface area contributed by atoms with E-state index in [1.807, 2.05) is 6.07 Å². The van der Waals surface area contributed by atoms with Crippen LogP contribution in [0.5, 0.6) is 0 Å². The first-order chi connectivity index (χ1) is 18.3. The summed E-state index contributed by atoms with van der Waals surface area (Å²) in [6.07, 6.45) is 9.01. The van der Waals surface area contributed by atoms with Gasteiger partial charge in [0, 0.05) is 58.3 Å². The number of nitrogens with zero attached hydrogens (tertiary/aromatic N) is 4. The Bertz CT molecular complexity index is 1940. The minimum absolute atomic E-state index is 0.740. The Morgan fingerprint density at radius 3 is 2.35 bits per heavy atom. The molecule has 0 spiro atoms. The Balaban J connectivity index is 1.42. The molecule has 2 aliphatic rings. The van der Waals surface area contributed by atoms with Crippen LogP contribution in [0.3, 0.4) is 0 Å². The molecule has 8 rings (SSSR count). The van der Waals surface area contributed by atoms with Crippen LogP contribution in [0.4, 0.5) is 11.4 Å². The number of rotatable bonds is 3. The summed E-state index contributed by atoms with van der Waals surface area (Å²) in [5.74, 6) is 0.740. The highest BCUT2D eigenvalue weighted by atomic mass is 15.2. The maximum atomic E-state index is 4.43. The minimum atomic E-state index is 0.740. The van der Waals surface area contributed by atoms with Gasteiger partial charge in [0.15, 0.2) is 5.82 Å². The van der Waals surface area contributed by atoms with E-state index in [1.165, 1.54) is 49.5 Å². The molecule has 37 heavy (non-hydrogen) atoms. The lowest BCUT2D eigenvalue weighted by Gasteiger charge is -2.34. The monoisotopic (exact) mass is 474 g/mol. The van der Waals surface area contributed by atoms with Crippen LogP contribution in [-0.2, 0) is 6.42 Å². The molecule has 2 aromatic heterocycles. The van der Waals surface area contributed by atoms with Gasteiger partial charge in [-0.3, -0.25) is 0 Å². The highest BCUT2D eigenvalue weighted by Crippen LogP contribution is 2.44. The molecule has 4 heteroatoms. The number of para-hydroxylation sites is 1. The highest BCUT2D eigenvalue weighted by molar-refractivity contribution is 6.07. The molecular formula is C33H22N4. The fourth-order valence-corrected chi connectivity index (χ4v) is 5.87. The zero-order valence-corrected chi connectivity index (χ0v) is 20.0. The zero-order chi connectivity index (χ0) is 24.3. The summed E-state index contributed by atoms with van der Waals surface area (Å²) in [5, 5.41) is 5.09. The molecule has 0 saturated heterocycles. The molecule has 4 nitrogen and oxygen atoms in total. The first kappa shape index (κ1) is 20.3. The van der Waals surface area contributed by atoms with E-state index in [4.69, 9.17) is 0 Å². The summed E-state index contributed by atoms with van der Waals surface area (Å²) in [6, 6.07) is 34.5. The van der Waals surface area contributed by atoms with E-state index >= 15 is 0 Å². The van der Waals surface area contributed by atoms with Crippen LogP contribution >= 0.6 is 0 Å². The van der Waals surface area contributed by atoms with E-state index in [0.29, 0.717) is 0 Å². The van der Waals surface area contributed by atoms with Gasteiger partial charge in [-0.1, -0.05) is 42.5 Å². The molecule has 174 valence electrons. The van der Waals surface area contributed by atoms with E-state index in [2.05, 4.69) is 123 Å². The van der Waals surface area contributed by atoms with Crippen molar-refractivity contribution in [1.82, 2.24) is 14.5 Å². The molecule has 1 aliphatic heterocycles. The van der Waals surface area contributed by atoms with Crippen LogP contribution in [0, 0.1) is 0 Å². The molecule has 4 aromatic carbocycles. The zero-order valence-electron chi connectivity index (χ0n) is 20.0. The second-order valence-corrected chi connectivity index (χ2v) is 9.55. The van der Waals surface area contributed by atoms with Crippen molar-refractivity contribution < 1.29 is 0 Å². The van der Waals surface area contributed by atoms with Crippen LogP contribution in [0.1, 0.15) is 11.1 Å². The van der Waals surface area contributed by atoms with Crippen molar-refractivity contribution in [2.24, 2.45) is 0 Å². The van der Waals surface area contributed by atoms with Crippen LogP contribution in [0.2, 0.25) is 0 Å². The van der Waals surface area contributed by atoms with Crippen LogP contribution in [-0.4, -0.2) is 14.5 Å². The molecule has 0 saturated carbocycles. The molecule has 2 bridgehead atoms. The van der Waals surface area contributed by atoms with Gasteiger partial charge in [-0.15, -0.1) is 0 Å². The Hall–Kier alpha value is -4.96. The van der Waals surface area contributed by atoms with Crippen molar-refractivity contribution in [2.75, 3.05) is 4.90 Å². The molecule has 0 radical (unpaired) electrons. The standard InChI is InChI=1S/C33H22N4/c1-2-7-25(8-3-1)36-19-16-27-30(36)20-24-11-10-22-6-4-9-29-32(22)28(24)21-31(27)37(29)26-14-12-23(13-15-26)33-34-17-5-18-35-33/h1-20H,21H2. The summed E-state index contributed by atoms with van der Waals surface area (Å²) in [7, 11) is 0. The van der Waals surface area contributed by atoms with Crippen LogP contribution in [0.25, 0.3) is 39.6 Å². The SMILES string of the molecule is C1=c2c(ccn2-c2ccccc2)=C2Cc3c1ccc1cccc(c31)N2c1ccc(-c2ncccn2)cc1. The van der Waals surface area contributed by atoms with Gasteiger partial charge in [0.1, 0.15) is 0 Å². The lowest BCUT2D eigenvalue weighted by Crippen LogP contribution is -2.35. The number of anilines is 2. The van der Waals surface area contributed by atoms with Crippen molar-refractivity contribution in [3.8, 4) is 17.1 Å². The molecule has 0 fully saturated rings. The molecule has 0 unspecified atom stereocenters.